The van der Waals surface area contributed by atoms with Crippen LogP contribution in [0.15, 0.2) is 0 Å². The molecule has 0 aliphatic carbocycles. The minimum atomic E-state index is -0.624. The lowest BCUT2D eigenvalue weighted by Gasteiger charge is -2.36. The van der Waals surface area contributed by atoms with Crippen LogP contribution < -0.4 is 5.32 Å². The molecule has 2 rings (SSSR count). The molecular weight excluding hydrogens is 158 g/mol. The van der Waals surface area contributed by atoms with E-state index < -0.39 is 12.2 Å². The van der Waals surface area contributed by atoms with Crippen LogP contribution in [0.4, 0.5) is 0 Å². The average molecular weight is 173 g/mol. The number of β-amino-alcohol motifs (C(OH)–C–C–N with tert-alkyl or cyclic N) is 1. The van der Waals surface area contributed by atoms with Gasteiger partial charge in [0.05, 0.1) is 17.7 Å². The Morgan fingerprint density at radius 2 is 1.92 bits per heavy atom. The van der Waals surface area contributed by atoms with Gasteiger partial charge >= 0.3 is 0 Å². The quantitative estimate of drug-likeness (QED) is 0.433. The van der Waals surface area contributed by atoms with E-state index in [1.165, 1.54) is 0 Å². The van der Waals surface area contributed by atoms with E-state index in [0.717, 1.165) is 12.8 Å². The lowest BCUT2D eigenvalue weighted by Crippen LogP contribution is -2.52. The maximum absolute atomic E-state index is 9.70. The van der Waals surface area contributed by atoms with Crippen molar-refractivity contribution in [2.24, 2.45) is 0 Å². The predicted octanol–water partition coefficient (Wildman–Crippen LogP) is -1.14. The number of nitrogens with one attached hydrogen (secondary N) is 1. The van der Waals surface area contributed by atoms with Gasteiger partial charge in [-0.2, -0.15) is 0 Å². The van der Waals surface area contributed by atoms with E-state index in [1.807, 2.05) is 0 Å². The van der Waals surface area contributed by atoms with E-state index in [9.17, 15) is 10.2 Å². The summed E-state index contributed by atoms with van der Waals surface area (Å²) in [7, 11) is 0. The van der Waals surface area contributed by atoms with Crippen LogP contribution in [-0.2, 0) is 4.74 Å². The summed E-state index contributed by atoms with van der Waals surface area (Å²) >= 11 is 0. The summed E-state index contributed by atoms with van der Waals surface area (Å²) in [6, 6.07) is 0. The smallest absolute Gasteiger partial charge is 0.0994 e. The van der Waals surface area contributed by atoms with Gasteiger partial charge in [0.2, 0.25) is 0 Å². The van der Waals surface area contributed by atoms with Gasteiger partial charge in [0, 0.05) is 19.8 Å². The molecule has 3 N–H and O–H groups in total. The van der Waals surface area contributed by atoms with Crippen LogP contribution in [0.3, 0.4) is 0 Å². The Bertz CT molecular complexity index is 162. The Morgan fingerprint density at radius 3 is 2.42 bits per heavy atom. The van der Waals surface area contributed by atoms with E-state index in [0.29, 0.717) is 19.8 Å². The van der Waals surface area contributed by atoms with Crippen LogP contribution in [-0.4, -0.2) is 47.7 Å². The van der Waals surface area contributed by atoms with Gasteiger partial charge in [-0.3, -0.25) is 0 Å². The van der Waals surface area contributed by atoms with Crippen LogP contribution >= 0.6 is 0 Å². The first-order valence-electron chi connectivity index (χ1n) is 4.43. The fourth-order valence-electron chi connectivity index (χ4n) is 2.10. The van der Waals surface area contributed by atoms with Crippen molar-refractivity contribution in [2.45, 2.75) is 30.6 Å². The molecule has 70 valence electrons. The number of hydrogen-bond donors (Lipinski definition) is 3. The molecule has 0 aromatic heterocycles. The molecule has 0 radical (unpaired) electrons. The molecule has 0 unspecified atom stereocenters. The monoisotopic (exact) mass is 173 g/mol. The Kier molecular flexibility index (Phi) is 2.08. The molecule has 4 nitrogen and oxygen atoms in total. The molecule has 2 saturated heterocycles. The highest BCUT2D eigenvalue weighted by Crippen LogP contribution is 2.30. The molecule has 2 fully saturated rings. The van der Waals surface area contributed by atoms with Gasteiger partial charge in [0.15, 0.2) is 0 Å². The van der Waals surface area contributed by atoms with E-state index in [2.05, 4.69) is 5.32 Å². The van der Waals surface area contributed by atoms with Crippen LogP contribution in [0.1, 0.15) is 12.8 Å². The van der Waals surface area contributed by atoms with Gasteiger partial charge in [-0.15, -0.1) is 0 Å². The van der Waals surface area contributed by atoms with E-state index >= 15 is 0 Å². The number of hydrogen-bond acceptors (Lipinski definition) is 4. The summed E-state index contributed by atoms with van der Waals surface area (Å²) in [6.45, 7) is 1.86. The zero-order chi connectivity index (χ0) is 8.60. The van der Waals surface area contributed by atoms with E-state index in [1.54, 1.807) is 0 Å². The highest BCUT2D eigenvalue weighted by atomic mass is 16.5. The molecule has 2 atom stereocenters. The highest BCUT2D eigenvalue weighted by molar-refractivity contribution is 5.05. The van der Waals surface area contributed by atoms with Crippen molar-refractivity contribution in [3.05, 3.63) is 0 Å². The fourth-order valence-corrected chi connectivity index (χ4v) is 2.10. The van der Waals surface area contributed by atoms with Gasteiger partial charge in [-0.1, -0.05) is 0 Å². The molecule has 2 aliphatic heterocycles. The van der Waals surface area contributed by atoms with Crippen molar-refractivity contribution < 1.29 is 14.9 Å². The second kappa shape index (κ2) is 2.96. The largest absolute Gasteiger partial charge is 0.389 e. The number of ether oxygens (including phenoxy) is 1. The number of aliphatic hydroxyl groups is 2. The number of aliphatic hydroxyl groups excluding tert-OH is 2. The summed E-state index contributed by atoms with van der Waals surface area (Å²) in [5.74, 6) is 0. The molecule has 12 heavy (non-hydrogen) atoms. The average Bonchev–Trinajstić information content (AvgIpc) is 2.37. The van der Waals surface area contributed by atoms with Crippen molar-refractivity contribution in [2.75, 3.05) is 19.8 Å². The Hall–Kier alpha value is -0.160. The third-order valence-corrected chi connectivity index (χ3v) is 2.98. The summed E-state index contributed by atoms with van der Waals surface area (Å²) in [5, 5.41) is 22.3. The lowest BCUT2D eigenvalue weighted by molar-refractivity contribution is -0.0382. The second-order valence-corrected chi connectivity index (χ2v) is 3.66. The summed E-state index contributed by atoms with van der Waals surface area (Å²) in [4.78, 5) is 0. The van der Waals surface area contributed by atoms with Crippen molar-refractivity contribution in [1.82, 2.24) is 5.32 Å². The molecule has 0 aromatic rings. The fraction of sp³-hybridized carbons (Fsp3) is 1.00. The second-order valence-electron chi connectivity index (χ2n) is 3.66. The Morgan fingerprint density at radius 1 is 1.25 bits per heavy atom. The lowest BCUT2D eigenvalue weighted by atomic mass is 9.85. The van der Waals surface area contributed by atoms with Crippen molar-refractivity contribution in [3.63, 3.8) is 0 Å². The van der Waals surface area contributed by atoms with Crippen molar-refractivity contribution in [1.29, 1.82) is 0 Å². The van der Waals surface area contributed by atoms with E-state index in [4.69, 9.17) is 4.74 Å². The first-order valence-corrected chi connectivity index (χ1v) is 4.43. The molecule has 1 spiro atoms. The van der Waals surface area contributed by atoms with Crippen molar-refractivity contribution in [3.8, 4) is 0 Å². The Labute approximate surface area is 71.5 Å². The zero-order valence-electron chi connectivity index (χ0n) is 6.99. The molecule has 0 amide bonds. The van der Waals surface area contributed by atoms with Crippen molar-refractivity contribution >= 4 is 0 Å². The predicted molar refractivity (Wildman–Crippen MR) is 42.8 cm³/mol. The maximum atomic E-state index is 9.70. The normalized spacial score (nSPS) is 40.5. The van der Waals surface area contributed by atoms with Crippen LogP contribution in [0.2, 0.25) is 0 Å². The maximum Gasteiger partial charge on any atom is 0.0994 e. The van der Waals surface area contributed by atoms with E-state index in [-0.39, 0.29) is 5.54 Å². The molecule has 2 aliphatic rings. The highest BCUT2D eigenvalue weighted by Gasteiger charge is 2.47. The third kappa shape index (κ3) is 1.15. The first-order chi connectivity index (χ1) is 5.75. The summed E-state index contributed by atoms with van der Waals surface area (Å²) in [5.41, 5.74) is -0.266. The standard InChI is InChI=1S/C8H15NO3/c10-6-5-9-8(7(6)11)1-3-12-4-2-8/h6-7,9-11H,1-5H2/t6-,7-/m0/s1. The minimum Gasteiger partial charge on any atom is -0.389 e. The molecule has 0 bridgehead atoms. The first kappa shape index (κ1) is 8.44. The molecule has 0 saturated carbocycles. The molecule has 4 heteroatoms. The van der Waals surface area contributed by atoms with Gasteiger partial charge in [0.25, 0.3) is 0 Å². The summed E-state index contributed by atoms with van der Waals surface area (Å²) in [6.07, 6.45) is 0.362. The zero-order valence-corrected chi connectivity index (χ0v) is 6.99. The molecule has 0 aromatic carbocycles. The van der Waals surface area contributed by atoms with Gasteiger partial charge < -0.3 is 20.3 Å². The van der Waals surface area contributed by atoms with Crippen LogP contribution in [0, 0.1) is 0 Å². The third-order valence-electron chi connectivity index (χ3n) is 2.98. The minimum absolute atomic E-state index is 0.266. The molecule has 2 heterocycles. The van der Waals surface area contributed by atoms with Gasteiger partial charge in [-0.25, -0.2) is 0 Å². The van der Waals surface area contributed by atoms with Crippen LogP contribution in [0.5, 0.6) is 0 Å². The Balaban J connectivity index is 2.09. The number of rotatable bonds is 0. The molecular formula is C8H15NO3. The SMILES string of the molecule is O[C@H]1CNC2(CCOCC2)[C@H]1O. The van der Waals surface area contributed by atoms with Crippen LogP contribution in [0.25, 0.3) is 0 Å². The summed E-state index contributed by atoms with van der Waals surface area (Å²) < 4.78 is 5.21. The van der Waals surface area contributed by atoms with Gasteiger partial charge in [-0.05, 0) is 12.8 Å². The topological polar surface area (TPSA) is 61.7 Å². The van der Waals surface area contributed by atoms with Gasteiger partial charge in [0.1, 0.15) is 0 Å².